The molecule has 1 unspecified atom stereocenters. The van der Waals surface area contributed by atoms with Crippen molar-refractivity contribution in [2.75, 3.05) is 13.1 Å². The van der Waals surface area contributed by atoms with Gasteiger partial charge in [0.25, 0.3) is 0 Å². The normalized spacial score (nSPS) is 19.8. The zero-order chi connectivity index (χ0) is 15.6. The fourth-order valence-electron chi connectivity index (χ4n) is 3.55. The molecule has 0 amide bonds. The van der Waals surface area contributed by atoms with E-state index < -0.39 is 0 Å². The maximum Gasteiger partial charge on any atom is 0.171 e. The number of tetrazole rings is 1. The summed E-state index contributed by atoms with van der Waals surface area (Å²) >= 11 is 0. The van der Waals surface area contributed by atoms with Crippen molar-refractivity contribution in [3.05, 3.63) is 53.9 Å². The predicted octanol–water partition coefficient (Wildman–Crippen LogP) is 2.72. The van der Waals surface area contributed by atoms with Crippen LogP contribution in [0.2, 0.25) is 0 Å². The highest BCUT2D eigenvalue weighted by Crippen LogP contribution is 2.31. The van der Waals surface area contributed by atoms with Gasteiger partial charge < -0.3 is 5.32 Å². The number of nitrogens with zero attached hydrogens (tertiary/aromatic N) is 4. The van der Waals surface area contributed by atoms with Crippen molar-refractivity contribution in [3.63, 3.8) is 0 Å². The largest absolute Gasteiger partial charge is 0.316 e. The second-order valence-corrected chi connectivity index (χ2v) is 6.31. The van der Waals surface area contributed by atoms with Crippen LogP contribution in [0.3, 0.4) is 0 Å². The molecule has 5 nitrogen and oxygen atoms in total. The van der Waals surface area contributed by atoms with Gasteiger partial charge >= 0.3 is 0 Å². The Balaban J connectivity index is 1.78. The van der Waals surface area contributed by atoms with Gasteiger partial charge in [-0.3, -0.25) is 0 Å². The van der Waals surface area contributed by atoms with Crippen LogP contribution in [0.25, 0.3) is 10.8 Å². The third-order valence-electron chi connectivity index (χ3n) is 4.67. The number of aromatic nitrogens is 4. The van der Waals surface area contributed by atoms with Gasteiger partial charge in [0.1, 0.15) is 6.04 Å². The summed E-state index contributed by atoms with van der Waals surface area (Å²) in [6.07, 6.45) is 2.38. The Morgan fingerprint density at radius 3 is 2.78 bits per heavy atom. The summed E-state index contributed by atoms with van der Waals surface area (Å²) in [6, 6.07) is 15.3. The average molecular weight is 307 g/mol. The Morgan fingerprint density at radius 1 is 1.17 bits per heavy atom. The highest BCUT2D eigenvalue weighted by atomic mass is 15.6. The highest BCUT2D eigenvalue weighted by Gasteiger charge is 2.28. The molecule has 2 aromatic carbocycles. The molecule has 5 heteroatoms. The van der Waals surface area contributed by atoms with Crippen molar-refractivity contribution < 1.29 is 0 Å². The van der Waals surface area contributed by atoms with Gasteiger partial charge in [-0.2, -0.15) is 4.80 Å². The third-order valence-corrected chi connectivity index (χ3v) is 4.67. The number of aryl methyl sites for hydroxylation is 1. The number of hydrogen-bond donors (Lipinski definition) is 1. The number of fused-ring (bicyclic) bond motifs is 1. The molecule has 1 aliphatic heterocycles. The van der Waals surface area contributed by atoms with Crippen LogP contribution in [0.1, 0.15) is 30.3 Å². The summed E-state index contributed by atoms with van der Waals surface area (Å²) in [7, 11) is 0. The molecule has 1 aliphatic rings. The molecular formula is C18H21N5. The van der Waals surface area contributed by atoms with E-state index in [1.54, 1.807) is 4.80 Å². The molecule has 1 fully saturated rings. The molecule has 0 saturated carbocycles. The number of hydrogen-bond acceptors (Lipinski definition) is 4. The van der Waals surface area contributed by atoms with E-state index in [1.807, 2.05) is 6.92 Å². The summed E-state index contributed by atoms with van der Waals surface area (Å²) in [5, 5.41) is 18.9. The van der Waals surface area contributed by atoms with Gasteiger partial charge in [0, 0.05) is 6.54 Å². The fraction of sp³-hybridized carbons (Fsp3) is 0.389. The van der Waals surface area contributed by atoms with Gasteiger partial charge in [-0.25, -0.2) is 0 Å². The van der Waals surface area contributed by atoms with Crippen LogP contribution in [0.5, 0.6) is 0 Å². The topological polar surface area (TPSA) is 55.6 Å². The second-order valence-electron chi connectivity index (χ2n) is 6.31. The maximum absolute atomic E-state index is 4.51. The second kappa shape index (κ2) is 6.08. The van der Waals surface area contributed by atoms with Crippen LogP contribution >= 0.6 is 0 Å². The van der Waals surface area contributed by atoms with Crippen LogP contribution in [-0.4, -0.2) is 33.3 Å². The van der Waals surface area contributed by atoms with E-state index in [-0.39, 0.29) is 6.04 Å². The van der Waals surface area contributed by atoms with E-state index in [9.17, 15) is 0 Å². The summed E-state index contributed by atoms with van der Waals surface area (Å²) in [5.74, 6) is 1.21. The Bertz CT molecular complexity index is 804. The Hall–Kier alpha value is -2.27. The highest BCUT2D eigenvalue weighted by molar-refractivity contribution is 5.83. The smallest absolute Gasteiger partial charge is 0.171 e. The minimum atomic E-state index is 0.133. The molecule has 0 aliphatic carbocycles. The van der Waals surface area contributed by atoms with Crippen LogP contribution in [0.15, 0.2) is 42.5 Å². The fourth-order valence-corrected chi connectivity index (χ4v) is 3.55. The summed E-state index contributed by atoms with van der Waals surface area (Å²) in [4.78, 5) is 1.80. The average Bonchev–Trinajstić information content (AvgIpc) is 3.02. The summed E-state index contributed by atoms with van der Waals surface area (Å²) in [5.41, 5.74) is 1.26. The Labute approximate surface area is 135 Å². The predicted molar refractivity (Wildman–Crippen MR) is 90.2 cm³/mol. The van der Waals surface area contributed by atoms with Gasteiger partial charge in [0.15, 0.2) is 5.82 Å². The van der Waals surface area contributed by atoms with Crippen molar-refractivity contribution in [2.45, 2.75) is 25.8 Å². The molecule has 2 atom stereocenters. The third kappa shape index (κ3) is 2.84. The van der Waals surface area contributed by atoms with E-state index in [4.69, 9.17) is 0 Å². The molecule has 1 N–H and O–H groups in total. The number of piperidine rings is 1. The SMILES string of the molecule is Cc1nnn(C(c2ccc3ccccc3c2)[C@H]2CCCNC2)n1. The first-order valence-corrected chi connectivity index (χ1v) is 8.27. The number of nitrogens with one attached hydrogen (secondary N) is 1. The van der Waals surface area contributed by atoms with E-state index in [0.717, 1.165) is 18.9 Å². The Morgan fingerprint density at radius 2 is 2.04 bits per heavy atom. The van der Waals surface area contributed by atoms with E-state index in [2.05, 4.69) is 63.2 Å². The molecule has 2 heterocycles. The molecule has 4 rings (SSSR count). The summed E-state index contributed by atoms with van der Waals surface area (Å²) in [6.45, 7) is 3.99. The number of benzene rings is 2. The van der Waals surface area contributed by atoms with Crippen LogP contribution in [0.4, 0.5) is 0 Å². The van der Waals surface area contributed by atoms with Gasteiger partial charge in [-0.05, 0) is 59.8 Å². The molecule has 0 spiro atoms. The molecule has 118 valence electrons. The van der Waals surface area contributed by atoms with Gasteiger partial charge in [0.2, 0.25) is 0 Å². The van der Waals surface area contributed by atoms with E-state index in [0.29, 0.717) is 5.92 Å². The number of rotatable bonds is 3. The van der Waals surface area contributed by atoms with Crippen LogP contribution in [0, 0.1) is 12.8 Å². The van der Waals surface area contributed by atoms with Crippen LogP contribution < -0.4 is 5.32 Å². The quantitative estimate of drug-likeness (QED) is 0.808. The first-order chi connectivity index (χ1) is 11.3. The molecule has 3 aromatic rings. The Kier molecular flexibility index (Phi) is 3.79. The van der Waals surface area contributed by atoms with Gasteiger partial charge in [0.05, 0.1) is 0 Å². The lowest BCUT2D eigenvalue weighted by Gasteiger charge is -2.30. The first kappa shape index (κ1) is 14.3. The van der Waals surface area contributed by atoms with Gasteiger partial charge in [-0.15, -0.1) is 10.2 Å². The van der Waals surface area contributed by atoms with E-state index >= 15 is 0 Å². The molecule has 0 bridgehead atoms. The maximum atomic E-state index is 4.51. The molecule has 0 radical (unpaired) electrons. The minimum Gasteiger partial charge on any atom is -0.316 e. The van der Waals surface area contributed by atoms with Crippen LogP contribution in [-0.2, 0) is 0 Å². The zero-order valence-electron chi connectivity index (χ0n) is 13.3. The molecule has 1 saturated heterocycles. The molecular weight excluding hydrogens is 286 g/mol. The van der Waals surface area contributed by atoms with Gasteiger partial charge in [-0.1, -0.05) is 36.4 Å². The first-order valence-electron chi connectivity index (χ1n) is 8.27. The van der Waals surface area contributed by atoms with Crippen molar-refractivity contribution in [3.8, 4) is 0 Å². The molecule has 1 aromatic heterocycles. The van der Waals surface area contributed by atoms with Crippen molar-refractivity contribution in [1.29, 1.82) is 0 Å². The van der Waals surface area contributed by atoms with E-state index in [1.165, 1.54) is 29.2 Å². The monoisotopic (exact) mass is 307 g/mol. The molecule has 23 heavy (non-hydrogen) atoms. The lowest BCUT2D eigenvalue weighted by molar-refractivity contribution is 0.261. The van der Waals surface area contributed by atoms with Crippen molar-refractivity contribution in [1.82, 2.24) is 25.5 Å². The zero-order valence-corrected chi connectivity index (χ0v) is 13.3. The van der Waals surface area contributed by atoms with Crippen molar-refractivity contribution in [2.24, 2.45) is 5.92 Å². The van der Waals surface area contributed by atoms with Crippen molar-refractivity contribution >= 4 is 10.8 Å². The lowest BCUT2D eigenvalue weighted by Crippen LogP contribution is -2.36. The minimum absolute atomic E-state index is 0.133. The lowest BCUT2D eigenvalue weighted by atomic mass is 9.87. The summed E-state index contributed by atoms with van der Waals surface area (Å²) < 4.78 is 0. The standard InChI is InChI=1S/C18H21N5/c1-13-20-22-23(21-13)18(17-7-4-10-19-12-17)16-9-8-14-5-2-3-6-15(14)11-16/h2-3,5-6,8-9,11,17-19H,4,7,10,12H2,1H3/t17-,18?/m0/s1.